The van der Waals surface area contributed by atoms with Crippen LogP contribution in [0.2, 0.25) is 0 Å². The highest BCUT2D eigenvalue weighted by Gasteiger charge is 2.65. The summed E-state index contributed by atoms with van der Waals surface area (Å²) in [5.74, 6) is 0. The van der Waals surface area contributed by atoms with Gasteiger partial charge in [0.05, 0.1) is 0 Å². The number of nitrogens with one attached hydrogen (secondary N) is 2. The fourth-order valence-corrected chi connectivity index (χ4v) is 1.98. The predicted molar refractivity (Wildman–Crippen MR) is 58.2 cm³/mol. The van der Waals surface area contributed by atoms with Gasteiger partial charge >= 0.3 is 6.03 Å². The Morgan fingerprint density at radius 3 is 2.07 bits per heavy atom. The van der Waals surface area contributed by atoms with E-state index in [4.69, 9.17) is 0 Å². The highest BCUT2D eigenvalue weighted by molar-refractivity contribution is 5.75. The molecule has 0 unspecified atom stereocenters. The van der Waals surface area contributed by atoms with Crippen molar-refractivity contribution >= 4 is 6.03 Å². The summed E-state index contributed by atoms with van der Waals surface area (Å²) in [5.41, 5.74) is 0.438. The number of amides is 2. The predicted octanol–water partition coefficient (Wildman–Crippen LogP) is 2.13. The van der Waals surface area contributed by atoms with E-state index in [2.05, 4.69) is 38.3 Å². The highest BCUT2D eigenvalue weighted by Crippen LogP contribution is 2.62. The molecule has 82 valence electrons. The van der Waals surface area contributed by atoms with Crippen molar-refractivity contribution in [2.24, 2.45) is 10.8 Å². The first-order chi connectivity index (χ1) is 6.34. The van der Waals surface area contributed by atoms with Gasteiger partial charge in [0.2, 0.25) is 0 Å². The molecular formula is C11H22N2O. The molecule has 0 radical (unpaired) electrons. The van der Waals surface area contributed by atoms with E-state index in [0.717, 1.165) is 13.0 Å². The maximum absolute atomic E-state index is 11.4. The number of hydrogen-bond donors (Lipinski definition) is 2. The van der Waals surface area contributed by atoms with E-state index in [-0.39, 0.29) is 16.9 Å². The van der Waals surface area contributed by atoms with Crippen molar-refractivity contribution in [1.29, 1.82) is 0 Å². The zero-order valence-corrected chi connectivity index (χ0v) is 9.90. The maximum Gasteiger partial charge on any atom is 0.315 e. The summed E-state index contributed by atoms with van der Waals surface area (Å²) in [5, 5.41) is 5.85. The molecule has 2 amide bonds. The summed E-state index contributed by atoms with van der Waals surface area (Å²) in [6.45, 7) is 11.6. The molecule has 0 bridgehead atoms. The zero-order chi connectivity index (χ0) is 11.0. The lowest BCUT2D eigenvalue weighted by molar-refractivity contribution is 0.238. The molecule has 0 spiro atoms. The van der Waals surface area contributed by atoms with E-state index >= 15 is 0 Å². The Morgan fingerprint density at radius 2 is 1.71 bits per heavy atom. The van der Waals surface area contributed by atoms with Gasteiger partial charge in [0.25, 0.3) is 0 Å². The molecule has 0 heterocycles. The van der Waals surface area contributed by atoms with Crippen LogP contribution < -0.4 is 10.6 Å². The van der Waals surface area contributed by atoms with E-state index in [9.17, 15) is 4.79 Å². The molecule has 0 aromatic rings. The number of urea groups is 1. The largest absolute Gasteiger partial charge is 0.338 e. The van der Waals surface area contributed by atoms with E-state index in [1.54, 1.807) is 0 Å². The smallest absolute Gasteiger partial charge is 0.315 e. The molecule has 0 aromatic carbocycles. The van der Waals surface area contributed by atoms with Gasteiger partial charge in [-0.25, -0.2) is 4.79 Å². The van der Waals surface area contributed by atoms with Gasteiger partial charge in [0.15, 0.2) is 0 Å². The lowest BCUT2D eigenvalue weighted by atomic mass is 10.0. The molecule has 1 rings (SSSR count). The fraction of sp³-hybridized carbons (Fsp3) is 0.909. The van der Waals surface area contributed by atoms with Crippen molar-refractivity contribution in [3.63, 3.8) is 0 Å². The van der Waals surface area contributed by atoms with Crippen LogP contribution in [0.15, 0.2) is 0 Å². The Labute approximate surface area is 86.6 Å². The molecule has 1 saturated carbocycles. The van der Waals surface area contributed by atoms with Crippen molar-refractivity contribution in [1.82, 2.24) is 10.6 Å². The molecule has 3 nitrogen and oxygen atoms in total. The highest BCUT2D eigenvalue weighted by atomic mass is 16.2. The minimum Gasteiger partial charge on any atom is -0.338 e. The van der Waals surface area contributed by atoms with E-state index in [1.165, 1.54) is 0 Å². The van der Waals surface area contributed by atoms with Gasteiger partial charge in [-0.15, -0.1) is 0 Å². The minimum absolute atomic E-state index is 0.0319. The summed E-state index contributed by atoms with van der Waals surface area (Å²) in [6.07, 6.45) is 0.977. The van der Waals surface area contributed by atoms with Crippen LogP contribution in [-0.2, 0) is 0 Å². The minimum atomic E-state index is -0.0319. The maximum atomic E-state index is 11.4. The van der Waals surface area contributed by atoms with Crippen LogP contribution in [-0.4, -0.2) is 18.6 Å². The molecule has 0 aliphatic heterocycles. The Balaban J connectivity index is 2.37. The third-order valence-electron chi connectivity index (χ3n) is 3.83. The van der Waals surface area contributed by atoms with E-state index in [0.29, 0.717) is 6.04 Å². The molecule has 0 aromatic heterocycles. The van der Waals surface area contributed by atoms with Gasteiger partial charge in [-0.1, -0.05) is 34.6 Å². The summed E-state index contributed by atoms with van der Waals surface area (Å²) in [7, 11) is 0. The molecule has 3 heteroatoms. The Bertz CT molecular complexity index is 219. The Kier molecular flexibility index (Phi) is 2.79. The second kappa shape index (κ2) is 3.44. The molecule has 0 saturated heterocycles. The summed E-state index contributed by atoms with van der Waals surface area (Å²) in [6, 6.07) is 0.266. The van der Waals surface area contributed by atoms with Crippen LogP contribution >= 0.6 is 0 Å². The number of rotatable bonds is 3. The average Bonchev–Trinajstić information content (AvgIpc) is 2.44. The number of carbonyl (C=O) groups is 1. The van der Waals surface area contributed by atoms with Gasteiger partial charge in [0, 0.05) is 12.6 Å². The van der Waals surface area contributed by atoms with Gasteiger partial charge in [0.1, 0.15) is 0 Å². The first kappa shape index (κ1) is 11.3. The van der Waals surface area contributed by atoms with Gasteiger partial charge in [-0.2, -0.15) is 0 Å². The van der Waals surface area contributed by atoms with Gasteiger partial charge < -0.3 is 10.6 Å². The van der Waals surface area contributed by atoms with Crippen molar-refractivity contribution < 1.29 is 4.79 Å². The van der Waals surface area contributed by atoms with E-state index < -0.39 is 0 Å². The number of hydrogen-bond acceptors (Lipinski definition) is 1. The molecule has 1 aliphatic rings. The van der Waals surface area contributed by atoms with Crippen LogP contribution in [0, 0.1) is 10.8 Å². The molecule has 2 N–H and O–H groups in total. The van der Waals surface area contributed by atoms with Gasteiger partial charge in [-0.05, 0) is 17.3 Å². The molecule has 1 fully saturated rings. The van der Waals surface area contributed by atoms with Crippen molar-refractivity contribution in [3.8, 4) is 0 Å². The zero-order valence-electron chi connectivity index (χ0n) is 9.90. The third kappa shape index (κ3) is 1.72. The SMILES string of the molecule is CCCNC(=O)NC1C(C)(C)C1(C)C. The lowest BCUT2D eigenvalue weighted by Gasteiger charge is -2.07. The van der Waals surface area contributed by atoms with Crippen molar-refractivity contribution in [2.45, 2.75) is 47.1 Å². The second-order valence-electron chi connectivity index (χ2n) is 5.28. The first-order valence-corrected chi connectivity index (χ1v) is 5.38. The quantitative estimate of drug-likeness (QED) is 0.716. The van der Waals surface area contributed by atoms with Crippen molar-refractivity contribution in [2.75, 3.05) is 6.54 Å². The van der Waals surface area contributed by atoms with E-state index in [1.807, 2.05) is 6.92 Å². The monoisotopic (exact) mass is 198 g/mol. The first-order valence-electron chi connectivity index (χ1n) is 5.38. The molecule has 1 aliphatic carbocycles. The molecule has 0 atom stereocenters. The van der Waals surface area contributed by atoms with Crippen LogP contribution in [0.3, 0.4) is 0 Å². The van der Waals surface area contributed by atoms with Crippen LogP contribution in [0.4, 0.5) is 4.79 Å². The standard InChI is InChI=1S/C11H22N2O/c1-6-7-12-9(14)13-8-10(2,3)11(8,4)5/h8H,6-7H2,1-5H3,(H2,12,13,14). The summed E-state index contributed by atoms with van der Waals surface area (Å²) >= 11 is 0. The Morgan fingerprint density at radius 1 is 1.21 bits per heavy atom. The normalized spacial score (nSPS) is 22.9. The van der Waals surface area contributed by atoms with Crippen LogP contribution in [0.1, 0.15) is 41.0 Å². The Hall–Kier alpha value is -0.730. The van der Waals surface area contributed by atoms with Crippen molar-refractivity contribution in [3.05, 3.63) is 0 Å². The second-order valence-corrected chi connectivity index (χ2v) is 5.28. The van der Waals surface area contributed by atoms with Gasteiger partial charge in [-0.3, -0.25) is 0 Å². The molecular weight excluding hydrogens is 176 g/mol. The number of carbonyl (C=O) groups excluding carboxylic acids is 1. The topological polar surface area (TPSA) is 41.1 Å². The van der Waals surface area contributed by atoms with Crippen LogP contribution in [0.5, 0.6) is 0 Å². The third-order valence-corrected chi connectivity index (χ3v) is 3.83. The molecule has 14 heavy (non-hydrogen) atoms. The average molecular weight is 198 g/mol. The lowest BCUT2D eigenvalue weighted by Crippen LogP contribution is -2.39. The summed E-state index contributed by atoms with van der Waals surface area (Å²) in [4.78, 5) is 11.4. The fourth-order valence-electron chi connectivity index (χ4n) is 1.98. The van der Waals surface area contributed by atoms with Crippen LogP contribution in [0.25, 0.3) is 0 Å². The summed E-state index contributed by atoms with van der Waals surface area (Å²) < 4.78 is 0.